The number of rotatable bonds is 2. The van der Waals surface area contributed by atoms with Crippen LogP contribution in [0.25, 0.3) is 0 Å². The Hall–Kier alpha value is -1.31. The lowest BCUT2D eigenvalue weighted by Gasteiger charge is -2.21. The lowest BCUT2D eigenvalue weighted by atomic mass is 9.88. The highest BCUT2D eigenvalue weighted by atomic mass is 16.1. The van der Waals surface area contributed by atoms with Crippen LogP contribution in [-0.2, 0) is 4.79 Å². The Balaban J connectivity index is 1.72. The first-order valence-corrected chi connectivity index (χ1v) is 7.01. The highest BCUT2D eigenvalue weighted by Crippen LogP contribution is 2.48. The molecule has 2 aliphatic rings. The molecule has 0 aromatic heterocycles. The molecular weight excluding hydrogens is 222 g/mol. The van der Waals surface area contributed by atoms with Gasteiger partial charge in [-0.1, -0.05) is 18.6 Å². The molecule has 96 valence electrons. The predicted molar refractivity (Wildman–Crippen MR) is 73.5 cm³/mol. The Morgan fingerprint density at radius 3 is 2.72 bits per heavy atom. The third kappa shape index (κ3) is 2.05. The molecular formula is C16H21NO. The Morgan fingerprint density at radius 2 is 2.06 bits per heavy atom. The molecule has 2 fully saturated rings. The fourth-order valence-corrected chi connectivity index (χ4v) is 3.66. The molecule has 2 heteroatoms. The van der Waals surface area contributed by atoms with Crippen molar-refractivity contribution in [2.24, 2.45) is 17.8 Å². The standard InChI is InChI=1S/C16H21NO/c1-10-3-4-11(2)15(7-10)17-16(18)14-9-12-5-6-13(14)8-12/h3-4,7,12-14H,5-6,8-9H2,1-2H3,(H,17,18)/t12-,13-,14+/m1/s1. The quantitative estimate of drug-likeness (QED) is 0.843. The van der Waals surface area contributed by atoms with Gasteiger partial charge in [0.2, 0.25) is 5.91 Å². The maximum atomic E-state index is 12.4. The first-order chi connectivity index (χ1) is 8.63. The predicted octanol–water partition coefficient (Wildman–Crippen LogP) is 3.68. The Bertz CT molecular complexity index is 480. The van der Waals surface area contributed by atoms with E-state index in [0.29, 0.717) is 5.92 Å². The third-order valence-corrected chi connectivity index (χ3v) is 4.73. The second kappa shape index (κ2) is 4.42. The van der Waals surface area contributed by atoms with E-state index in [0.717, 1.165) is 23.6 Å². The van der Waals surface area contributed by atoms with Crippen molar-refractivity contribution in [1.82, 2.24) is 0 Å². The van der Waals surface area contributed by atoms with Crippen LogP contribution in [0.15, 0.2) is 18.2 Å². The van der Waals surface area contributed by atoms with Crippen molar-refractivity contribution in [3.63, 3.8) is 0 Å². The van der Waals surface area contributed by atoms with Crippen LogP contribution in [0.3, 0.4) is 0 Å². The van der Waals surface area contributed by atoms with Crippen molar-refractivity contribution in [2.45, 2.75) is 39.5 Å². The van der Waals surface area contributed by atoms with Gasteiger partial charge in [0.25, 0.3) is 0 Å². The van der Waals surface area contributed by atoms with Crippen molar-refractivity contribution in [3.05, 3.63) is 29.3 Å². The summed E-state index contributed by atoms with van der Waals surface area (Å²) in [4.78, 5) is 12.4. The fraction of sp³-hybridized carbons (Fsp3) is 0.562. The van der Waals surface area contributed by atoms with E-state index in [1.807, 2.05) is 0 Å². The fourth-order valence-electron chi connectivity index (χ4n) is 3.66. The summed E-state index contributed by atoms with van der Waals surface area (Å²) >= 11 is 0. The normalized spacial score (nSPS) is 29.6. The van der Waals surface area contributed by atoms with Gasteiger partial charge in [0, 0.05) is 11.6 Å². The van der Waals surface area contributed by atoms with Gasteiger partial charge < -0.3 is 5.32 Å². The number of amides is 1. The van der Waals surface area contributed by atoms with E-state index < -0.39 is 0 Å². The summed E-state index contributed by atoms with van der Waals surface area (Å²) in [5, 5.41) is 3.14. The van der Waals surface area contributed by atoms with Gasteiger partial charge in [-0.05, 0) is 62.1 Å². The molecule has 0 unspecified atom stereocenters. The number of carbonyl (C=O) groups is 1. The smallest absolute Gasteiger partial charge is 0.227 e. The number of anilines is 1. The van der Waals surface area contributed by atoms with Crippen LogP contribution in [0.2, 0.25) is 0 Å². The van der Waals surface area contributed by atoms with E-state index in [2.05, 4.69) is 37.4 Å². The summed E-state index contributed by atoms with van der Waals surface area (Å²) in [6.45, 7) is 4.11. The number of fused-ring (bicyclic) bond motifs is 2. The molecule has 0 heterocycles. The Kier molecular flexibility index (Phi) is 2.89. The highest BCUT2D eigenvalue weighted by Gasteiger charge is 2.43. The molecule has 1 aromatic rings. The van der Waals surface area contributed by atoms with E-state index in [1.165, 1.54) is 24.8 Å². The van der Waals surface area contributed by atoms with E-state index >= 15 is 0 Å². The van der Waals surface area contributed by atoms with Gasteiger partial charge in [-0.3, -0.25) is 4.79 Å². The summed E-state index contributed by atoms with van der Waals surface area (Å²) in [5.74, 6) is 1.99. The van der Waals surface area contributed by atoms with Crippen LogP contribution in [-0.4, -0.2) is 5.91 Å². The van der Waals surface area contributed by atoms with Gasteiger partial charge in [0.05, 0.1) is 0 Å². The Morgan fingerprint density at radius 1 is 1.22 bits per heavy atom. The first kappa shape index (κ1) is 11.8. The number of hydrogen-bond donors (Lipinski definition) is 1. The SMILES string of the molecule is Cc1ccc(C)c(NC(=O)[C@H]2C[C@@H]3CC[C@@H]2C3)c1. The number of hydrogen-bond acceptors (Lipinski definition) is 1. The second-order valence-corrected chi connectivity index (χ2v) is 6.09. The second-order valence-electron chi connectivity index (χ2n) is 6.09. The van der Waals surface area contributed by atoms with Crippen LogP contribution in [0.4, 0.5) is 5.69 Å². The topological polar surface area (TPSA) is 29.1 Å². The van der Waals surface area contributed by atoms with Crippen LogP contribution >= 0.6 is 0 Å². The summed E-state index contributed by atoms with van der Waals surface area (Å²) < 4.78 is 0. The van der Waals surface area contributed by atoms with Crippen LogP contribution in [0, 0.1) is 31.6 Å². The average Bonchev–Trinajstić information content (AvgIpc) is 2.96. The summed E-state index contributed by atoms with van der Waals surface area (Å²) in [5.41, 5.74) is 3.34. The zero-order valence-corrected chi connectivity index (χ0v) is 11.2. The van der Waals surface area contributed by atoms with Crippen LogP contribution in [0.5, 0.6) is 0 Å². The minimum Gasteiger partial charge on any atom is -0.326 e. The molecule has 0 radical (unpaired) electrons. The Labute approximate surface area is 109 Å². The number of carbonyl (C=O) groups excluding carboxylic acids is 1. The molecule has 18 heavy (non-hydrogen) atoms. The van der Waals surface area contributed by atoms with Crippen molar-refractivity contribution >= 4 is 11.6 Å². The molecule has 2 nitrogen and oxygen atoms in total. The molecule has 1 aromatic carbocycles. The zero-order valence-electron chi connectivity index (χ0n) is 11.2. The van der Waals surface area contributed by atoms with Gasteiger partial charge in [-0.25, -0.2) is 0 Å². The molecule has 0 saturated heterocycles. The molecule has 1 amide bonds. The van der Waals surface area contributed by atoms with Crippen molar-refractivity contribution < 1.29 is 4.79 Å². The molecule has 1 N–H and O–H groups in total. The molecule has 2 aliphatic carbocycles. The maximum Gasteiger partial charge on any atom is 0.227 e. The van der Waals surface area contributed by atoms with Crippen molar-refractivity contribution in [2.75, 3.05) is 5.32 Å². The zero-order chi connectivity index (χ0) is 12.7. The van der Waals surface area contributed by atoms with E-state index in [9.17, 15) is 4.79 Å². The highest BCUT2D eigenvalue weighted by molar-refractivity contribution is 5.93. The van der Waals surface area contributed by atoms with Crippen molar-refractivity contribution in [3.8, 4) is 0 Å². The first-order valence-electron chi connectivity index (χ1n) is 7.01. The third-order valence-electron chi connectivity index (χ3n) is 4.73. The molecule has 2 bridgehead atoms. The number of aryl methyl sites for hydroxylation is 2. The number of benzene rings is 1. The minimum atomic E-state index is 0.246. The lowest BCUT2D eigenvalue weighted by molar-refractivity contribution is -0.121. The van der Waals surface area contributed by atoms with E-state index in [-0.39, 0.29) is 11.8 Å². The van der Waals surface area contributed by atoms with Crippen LogP contribution < -0.4 is 5.32 Å². The van der Waals surface area contributed by atoms with Gasteiger partial charge in [-0.2, -0.15) is 0 Å². The molecule has 0 spiro atoms. The van der Waals surface area contributed by atoms with Gasteiger partial charge >= 0.3 is 0 Å². The molecule has 3 rings (SSSR count). The molecule has 0 aliphatic heterocycles. The summed E-state index contributed by atoms with van der Waals surface area (Å²) in [6.07, 6.45) is 5.00. The molecule has 3 atom stereocenters. The lowest BCUT2D eigenvalue weighted by Crippen LogP contribution is -2.27. The monoisotopic (exact) mass is 243 g/mol. The average molecular weight is 243 g/mol. The van der Waals surface area contributed by atoms with Crippen molar-refractivity contribution in [1.29, 1.82) is 0 Å². The summed E-state index contributed by atoms with van der Waals surface area (Å²) in [6, 6.07) is 6.23. The molecule has 2 saturated carbocycles. The van der Waals surface area contributed by atoms with Gasteiger partial charge in [0.1, 0.15) is 0 Å². The summed E-state index contributed by atoms with van der Waals surface area (Å²) in [7, 11) is 0. The minimum absolute atomic E-state index is 0.246. The van der Waals surface area contributed by atoms with Gasteiger partial charge in [0.15, 0.2) is 0 Å². The maximum absolute atomic E-state index is 12.4. The van der Waals surface area contributed by atoms with E-state index in [1.54, 1.807) is 0 Å². The van der Waals surface area contributed by atoms with E-state index in [4.69, 9.17) is 0 Å². The van der Waals surface area contributed by atoms with Crippen LogP contribution in [0.1, 0.15) is 36.8 Å². The van der Waals surface area contributed by atoms with Gasteiger partial charge in [-0.15, -0.1) is 0 Å². The number of nitrogens with one attached hydrogen (secondary N) is 1. The largest absolute Gasteiger partial charge is 0.326 e.